The van der Waals surface area contributed by atoms with Crippen molar-refractivity contribution < 1.29 is 27.4 Å². The molecule has 0 aliphatic heterocycles. The predicted octanol–water partition coefficient (Wildman–Crippen LogP) is 2.97. The van der Waals surface area contributed by atoms with Crippen LogP contribution in [0, 0.1) is 6.58 Å². The maximum absolute atomic E-state index is 12.0. The maximum Gasteiger partial charge on any atom is 0.573 e. The van der Waals surface area contributed by atoms with Gasteiger partial charge in [-0.05, 0) is 12.1 Å². The third kappa shape index (κ3) is 5.09. The Morgan fingerprint density at radius 2 is 2.00 bits per heavy atom. The van der Waals surface area contributed by atoms with Crippen LogP contribution in [0.25, 0.3) is 0 Å². The van der Waals surface area contributed by atoms with Crippen LogP contribution in [0.2, 0.25) is 0 Å². The number of rotatable bonds is 6. The average molecular weight is 261 g/mol. The second-order valence-electron chi connectivity index (χ2n) is 3.30. The molecule has 99 valence electrons. The van der Waals surface area contributed by atoms with Crippen LogP contribution in [0.3, 0.4) is 0 Å². The summed E-state index contributed by atoms with van der Waals surface area (Å²) in [4.78, 5) is 0. The van der Waals surface area contributed by atoms with E-state index in [4.69, 9.17) is 16.1 Å². The summed E-state index contributed by atoms with van der Waals surface area (Å²) in [5.41, 5.74) is 0. The van der Waals surface area contributed by atoms with Crippen molar-refractivity contribution in [3.63, 3.8) is 0 Å². The largest absolute Gasteiger partial charge is 0.573 e. The minimum absolute atomic E-state index is 0.0997. The first-order valence-electron chi connectivity index (χ1n) is 5.01. The molecular formula is C12H12F3O3. The van der Waals surface area contributed by atoms with E-state index in [1.165, 1.54) is 31.4 Å². The van der Waals surface area contributed by atoms with E-state index in [9.17, 15) is 13.2 Å². The van der Waals surface area contributed by atoms with Gasteiger partial charge in [0.05, 0.1) is 0 Å². The minimum atomic E-state index is -4.72. The van der Waals surface area contributed by atoms with Crippen molar-refractivity contribution >= 4 is 0 Å². The van der Waals surface area contributed by atoms with Gasteiger partial charge >= 0.3 is 6.36 Å². The Labute approximate surface area is 103 Å². The standard InChI is InChI=1S/C12H12F3O3/c1-3-9(16-2)8-17-10-5-4-6-11(7-10)18-12(13,14)15/h1,3-7,9H,8H2,2H3. The van der Waals surface area contributed by atoms with Gasteiger partial charge in [-0.2, -0.15) is 0 Å². The SMILES string of the molecule is [CH]=CC(COc1cccc(OC(F)(F)F)c1)OC. The lowest BCUT2D eigenvalue weighted by Gasteiger charge is -2.13. The molecule has 0 aromatic heterocycles. The molecule has 0 spiro atoms. The fraction of sp³-hybridized carbons (Fsp3) is 0.333. The Bertz CT molecular complexity index is 390. The van der Waals surface area contributed by atoms with Crippen molar-refractivity contribution in [1.82, 2.24) is 0 Å². The van der Waals surface area contributed by atoms with E-state index in [2.05, 4.69) is 4.74 Å². The molecule has 18 heavy (non-hydrogen) atoms. The Morgan fingerprint density at radius 1 is 1.33 bits per heavy atom. The van der Waals surface area contributed by atoms with Crippen LogP contribution in [0.5, 0.6) is 11.5 Å². The Morgan fingerprint density at radius 3 is 2.56 bits per heavy atom. The average Bonchev–Trinajstić information content (AvgIpc) is 2.28. The van der Waals surface area contributed by atoms with Gasteiger partial charge in [0.2, 0.25) is 0 Å². The Hall–Kier alpha value is -1.69. The molecule has 1 radical (unpaired) electrons. The molecule has 0 fully saturated rings. The van der Waals surface area contributed by atoms with Crippen LogP contribution in [0.15, 0.2) is 30.3 Å². The summed E-state index contributed by atoms with van der Waals surface area (Å²) >= 11 is 0. The molecule has 0 heterocycles. The number of ether oxygens (including phenoxy) is 3. The predicted molar refractivity (Wildman–Crippen MR) is 58.3 cm³/mol. The lowest BCUT2D eigenvalue weighted by Crippen LogP contribution is -2.18. The summed E-state index contributed by atoms with van der Waals surface area (Å²) in [5.74, 6) is -0.105. The van der Waals surface area contributed by atoms with Crippen LogP contribution in [0.4, 0.5) is 13.2 Å². The van der Waals surface area contributed by atoms with Gasteiger partial charge in [-0.1, -0.05) is 18.7 Å². The minimum Gasteiger partial charge on any atom is -0.490 e. The Balaban J connectivity index is 2.62. The normalized spacial score (nSPS) is 12.9. The summed E-state index contributed by atoms with van der Waals surface area (Å²) < 4.78 is 49.9. The first-order chi connectivity index (χ1) is 8.44. The van der Waals surface area contributed by atoms with Crippen molar-refractivity contribution in [2.45, 2.75) is 12.5 Å². The maximum atomic E-state index is 12.0. The summed E-state index contributed by atoms with van der Waals surface area (Å²) in [6, 6.07) is 5.22. The molecule has 0 N–H and O–H groups in total. The molecule has 3 nitrogen and oxygen atoms in total. The van der Waals surface area contributed by atoms with Gasteiger partial charge in [0.15, 0.2) is 0 Å². The number of alkyl halides is 3. The topological polar surface area (TPSA) is 27.7 Å². The van der Waals surface area contributed by atoms with Crippen molar-refractivity contribution in [2.24, 2.45) is 0 Å². The fourth-order valence-electron chi connectivity index (χ4n) is 1.14. The lowest BCUT2D eigenvalue weighted by atomic mass is 10.3. The third-order valence-corrected chi connectivity index (χ3v) is 1.97. The van der Waals surface area contributed by atoms with Crippen LogP contribution in [0.1, 0.15) is 0 Å². The van der Waals surface area contributed by atoms with Gasteiger partial charge in [0.1, 0.15) is 24.2 Å². The van der Waals surface area contributed by atoms with Crippen molar-refractivity contribution in [3.05, 3.63) is 36.9 Å². The van der Waals surface area contributed by atoms with E-state index in [0.29, 0.717) is 0 Å². The first kappa shape index (κ1) is 14.4. The Kier molecular flexibility index (Phi) is 5.03. The van der Waals surface area contributed by atoms with E-state index >= 15 is 0 Å². The summed E-state index contributed by atoms with van der Waals surface area (Å²) in [6.07, 6.45) is -3.87. The number of benzene rings is 1. The van der Waals surface area contributed by atoms with Gasteiger partial charge in [-0.25, -0.2) is 0 Å². The molecule has 1 atom stereocenters. The summed E-state index contributed by atoms with van der Waals surface area (Å²) in [5, 5.41) is 0. The van der Waals surface area contributed by atoms with E-state index in [-0.39, 0.29) is 18.1 Å². The molecule has 0 aliphatic carbocycles. The molecule has 1 unspecified atom stereocenters. The quantitative estimate of drug-likeness (QED) is 0.788. The smallest absolute Gasteiger partial charge is 0.490 e. The second kappa shape index (κ2) is 6.30. The molecule has 0 saturated heterocycles. The number of halogens is 3. The van der Waals surface area contributed by atoms with E-state index in [1.54, 1.807) is 0 Å². The van der Waals surface area contributed by atoms with Gasteiger partial charge in [-0.3, -0.25) is 0 Å². The number of hydrogen-bond donors (Lipinski definition) is 0. The first-order valence-corrected chi connectivity index (χ1v) is 5.01. The van der Waals surface area contributed by atoms with Crippen LogP contribution >= 0.6 is 0 Å². The molecule has 1 aromatic rings. The zero-order valence-electron chi connectivity index (χ0n) is 9.61. The molecule has 0 aliphatic rings. The van der Waals surface area contributed by atoms with E-state index in [0.717, 1.165) is 6.07 Å². The molecule has 1 rings (SSSR count). The number of hydrogen-bond acceptors (Lipinski definition) is 3. The van der Waals surface area contributed by atoms with Crippen LogP contribution in [-0.2, 0) is 4.74 Å². The van der Waals surface area contributed by atoms with E-state index < -0.39 is 12.5 Å². The van der Waals surface area contributed by atoms with Gasteiger partial charge in [-0.15, -0.1) is 13.2 Å². The third-order valence-electron chi connectivity index (χ3n) is 1.97. The second-order valence-corrected chi connectivity index (χ2v) is 3.30. The van der Waals surface area contributed by atoms with Gasteiger partial charge < -0.3 is 14.2 Å². The summed E-state index contributed by atoms with van der Waals surface area (Å²) in [6.45, 7) is 5.36. The zero-order chi connectivity index (χ0) is 13.6. The van der Waals surface area contributed by atoms with Gasteiger partial charge in [0.25, 0.3) is 0 Å². The monoisotopic (exact) mass is 261 g/mol. The molecular weight excluding hydrogens is 249 g/mol. The van der Waals surface area contributed by atoms with Crippen molar-refractivity contribution in [1.29, 1.82) is 0 Å². The molecule has 6 heteroatoms. The molecule has 1 aromatic carbocycles. The highest BCUT2D eigenvalue weighted by Gasteiger charge is 2.31. The molecule has 0 bridgehead atoms. The highest BCUT2D eigenvalue weighted by molar-refractivity contribution is 5.33. The number of methoxy groups -OCH3 is 1. The highest BCUT2D eigenvalue weighted by Crippen LogP contribution is 2.26. The van der Waals surface area contributed by atoms with Crippen molar-refractivity contribution in [2.75, 3.05) is 13.7 Å². The molecule has 0 amide bonds. The van der Waals surface area contributed by atoms with Crippen LogP contribution < -0.4 is 9.47 Å². The summed E-state index contributed by atoms with van der Waals surface area (Å²) in [7, 11) is 1.45. The molecule has 0 saturated carbocycles. The van der Waals surface area contributed by atoms with Gasteiger partial charge in [0, 0.05) is 13.2 Å². The fourth-order valence-corrected chi connectivity index (χ4v) is 1.14. The highest BCUT2D eigenvalue weighted by atomic mass is 19.4. The van der Waals surface area contributed by atoms with Crippen molar-refractivity contribution in [3.8, 4) is 11.5 Å². The van der Waals surface area contributed by atoms with E-state index in [1.807, 2.05) is 0 Å². The van der Waals surface area contributed by atoms with Crippen LogP contribution in [-0.4, -0.2) is 26.2 Å². The zero-order valence-corrected chi connectivity index (χ0v) is 9.61. The lowest BCUT2D eigenvalue weighted by molar-refractivity contribution is -0.274.